The lowest BCUT2D eigenvalue weighted by atomic mass is 10.3. The normalized spacial score (nSPS) is 12.1. The second-order valence-electron chi connectivity index (χ2n) is 3.17. The maximum atomic E-state index is 10.9. The van der Waals surface area contributed by atoms with Crippen LogP contribution in [0.5, 0.6) is 0 Å². The number of nitrogens with zero attached hydrogens (tertiary/aromatic N) is 2. The van der Waals surface area contributed by atoms with Gasteiger partial charge in [0.1, 0.15) is 5.78 Å². The Morgan fingerprint density at radius 3 is 3.00 bits per heavy atom. The van der Waals surface area contributed by atoms with Crippen LogP contribution in [0, 0.1) is 10.1 Å². The van der Waals surface area contributed by atoms with E-state index in [0.717, 1.165) is 10.8 Å². The van der Waals surface area contributed by atoms with Crippen LogP contribution in [0.4, 0.5) is 5.69 Å². The fourth-order valence-electron chi connectivity index (χ4n) is 0.866. The highest BCUT2D eigenvalue weighted by atomic mass is 33.1. The summed E-state index contributed by atoms with van der Waals surface area (Å²) >= 11 is 0. The zero-order valence-corrected chi connectivity index (χ0v) is 10.7. The minimum atomic E-state index is -0.546. The Morgan fingerprint density at radius 2 is 2.41 bits per heavy atom. The number of carbonyl (C=O) groups is 1. The number of hydrogen-bond donors (Lipinski definition) is 1. The number of Topliss-reactive ketones (excluding diaryl/α,β-unsaturated/α-hetero) is 1. The Hall–Kier alpha value is -1.12. The molecule has 92 valence electrons. The van der Waals surface area contributed by atoms with E-state index in [0.29, 0.717) is 10.8 Å². The van der Waals surface area contributed by atoms with Crippen LogP contribution >= 0.6 is 21.6 Å². The second-order valence-corrected chi connectivity index (χ2v) is 5.50. The summed E-state index contributed by atoms with van der Waals surface area (Å²) in [6.07, 6.45) is 1.49. The summed E-state index contributed by atoms with van der Waals surface area (Å²) in [5.74, 6) is 0.293. The first-order valence-corrected chi connectivity index (χ1v) is 6.99. The molecule has 0 radical (unpaired) electrons. The molecule has 0 aliphatic carbocycles. The van der Waals surface area contributed by atoms with Gasteiger partial charge in [0.05, 0.1) is 11.0 Å². The number of rotatable bonds is 6. The van der Waals surface area contributed by atoms with Crippen LogP contribution in [0.2, 0.25) is 0 Å². The van der Waals surface area contributed by atoms with Gasteiger partial charge in [-0.05, 0) is 23.8 Å². The number of carbonyl (C=O) groups excluding carboxylic acids is 1. The topological polar surface area (TPSA) is 99.1 Å². The molecule has 1 rings (SSSR count). The Bertz CT molecular complexity index is 428. The van der Waals surface area contributed by atoms with E-state index in [1.807, 2.05) is 0 Å². The molecule has 0 amide bonds. The van der Waals surface area contributed by atoms with Crippen molar-refractivity contribution >= 4 is 33.1 Å². The Balaban J connectivity index is 2.58. The summed E-state index contributed by atoms with van der Waals surface area (Å²) in [5.41, 5.74) is 5.50. The summed E-state index contributed by atoms with van der Waals surface area (Å²) < 4.78 is 0. The quantitative estimate of drug-likeness (QED) is 0.478. The van der Waals surface area contributed by atoms with Crippen LogP contribution in [0.1, 0.15) is 6.92 Å². The lowest BCUT2D eigenvalue weighted by molar-refractivity contribution is -0.388. The van der Waals surface area contributed by atoms with Gasteiger partial charge in [0, 0.05) is 18.0 Å². The molecule has 1 atom stereocenters. The monoisotopic (exact) mass is 273 g/mol. The zero-order chi connectivity index (χ0) is 12.8. The maximum absolute atomic E-state index is 10.9. The first-order chi connectivity index (χ1) is 8.02. The van der Waals surface area contributed by atoms with E-state index in [-0.39, 0.29) is 11.5 Å². The number of nitro groups is 1. The van der Waals surface area contributed by atoms with E-state index in [1.54, 1.807) is 0 Å². The molecule has 2 N–H and O–H groups in total. The van der Waals surface area contributed by atoms with Crippen molar-refractivity contribution < 1.29 is 9.72 Å². The van der Waals surface area contributed by atoms with E-state index < -0.39 is 11.0 Å². The molecule has 0 aliphatic rings. The molecule has 0 bridgehead atoms. The average molecular weight is 273 g/mol. The molecule has 0 saturated heterocycles. The van der Waals surface area contributed by atoms with Crippen molar-refractivity contribution in [3.8, 4) is 0 Å². The van der Waals surface area contributed by atoms with Gasteiger partial charge in [-0.2, -0.15) is 0 Å². The second kappa shape index (κ2) is 6.58. The van der Waals surface area contributed by atoms with E-state index >= 15 is 0 Å². The molecule has 0 aromatic carbocycles. The molecule has 1 aromatic rings. The van der Waals surface area contributed by atoms with E-state index in [9.17, 15) is 14.9 Å². The molecular weight excluding hydrogens is 262 g/mol. The minimum Gasteiger partial charge on any atom is -0.321 e. The van der Waals surface area contributed by atoms with Crippen molar-refractivity contribution in [3.05, 3.63) is 28.4 Å². The predicted octanol–water partition coefficient (Wildman–Crippen LogP) is 1.65. The van der Waals surface area contributed by atoms with Crippen molar-refractivity contribution in [2.24, 2.45) is 5.73 Å². The standard InChI is InChI=1S/C9H11N3O3S2/c1-6(13)7(10)5-16-17-9-8(12(14)15)3-2-4-11-9/h2-4,7H,5,10H2,1H3. The van der Waals surface area contributed by atoms with Crippen molar-refractivity contribution in [1.29, 1.82) is 0 Å². The van der Waals surface area contributed by atoms with Crippen LogP contribution in [-0.4, -0.2) is 27.5 Å². The molecule has 6 nitrogen and oxygen atoms in total. The molecule has 1 heterocycles. The molecule has 8 heteroatoms. The fraction of sp³-hybridized carbons (Fsp3) is 0.333. The van der Waals surface area contributed by atoms with Gasteiger partial charge in [-0.3, -0.25) is 14.9 Å². The number of aromatic nitrogens is 1. The van der Waals surface area contributed by atoms with Crippen LogP contribution in [-0.2, 0) is 4.79 Å². The van der Waals surface area contributed by atoms with Crippen molar-refractivity contribution in [2.75, 3.05) is 5.75 Å². The van der Waals surface area contributed by atoms with Crippen molar-refractivity contribution in [3.63, 3.8) is 0 Å². The van der Waals surface area contributed by atoms with Gasteiger partial charge in [0.25, 0.3) is 0 Å². The summed E-state index contributed by atoms with van der Waals surface area (Å²) in [6.45, 7) is 1.42. The van der Waals surface area contributed by atoms with Crippen LogP contribution in [0.15, 0.2) is 23.4 Å². The molecule has 0 spiro atoms. The average Bonchev–Trinajstić information content (AvgIpc) is 2.29. The van der Waals surface area contributed by atoms with Gasteiger partial charge in [-0.25, -0.2) is 4.98 Å². The fourth-order valence-corrected chi connectivity index (χ4v) is 3.12. The smallest absolute Gasteiger partial charge is 0.302 e. The lowest BCUT2D eigenvalue weighted by Gasteiger charge is -2.05. The summed E-state index contributed by atoms with van der Waals surface area (Å²) in [7, 11) is 2.43. The van der Waals surface area contributed by atoms with Gasteiger partial charge < -0.3 is 5.73 Å². The SMILES string of the molecule is CC(=O)C(N)CSSc1ncccc1[N+](=O)[O-]. The lowest BCUT2D eigenvalue weighted by Crippen LogP contribution is -2.30. The van der Waals surface area contributed by atoms with Crippen molar-refractivity contribution in [1.82, 2.24) is 4.98 Å². The van der Waals surface area contributed by atoms with Gasteiger partial charge in [-0.15, -0.1) is 0 Å². The van der Waals surface area contributed by atoms with Crippen LogP contribution < -0.4 is 5.73 Å². The van der Waals surface area contributed by atoms with E-state index in [1.165, 1.54) is 36.0 Å². The number of ketones is 1. The molecule has 1 unspecified atom stereocenters. The highest BCUT2D eigenvalue weighted by Crippen LogP contribution is 2.35. The molecule has 0 aliphatic heterocycles. The maximum Gasteiger partial charge on any atom is 0.302 e. The summed E-state index contributed by atoms with van der Waals surface area (Å²) in [4.78, 5) is 25.0. The molecule has 17 heavy (non-hydrogen) atoms. The van der Waals surface area contributed by atoms with E-state index in [2.05, 4.69) is 4.98 Å². The van der Waals surface area contributed by atoms with Gasteiger partial charge in [-0.1, -0.05) is 10.8 Å². The number of pyridine rings is 1. The van der Waals surface area contributed by atoms with Gasteiger partial charge in [0.2, 0.25) is 0 Å². The van der Waals surface area contributed by atoms with Crippen LogP contribution in [0.25, 0.3) is 0 Å². The van der Waals surface area contributed by atoms with E-state index in [4.69, 9.17) is 5.73 Å². The minimum absolute atomic E-state index is 0.0404. The van der Waals surface area contributed by atoms with Gasteiger partial charge >= 0.3 is 5.69 Å². The number of hydrogen-bond acceptors (Lipinski definition) is 7. The first-order valence-electron chi connectivity index (χ1n) is 4.67. The molecule has 0 saturated carbocycles. The Labute approximate surface area is 106 Å². The summed E-state index contributed by atoms with van der Waals surface area (Å²) in [5, 5.41) is 11.0. The zero-order valence-electron chi connectivity index (χ0n) is 9.03. The summed E-state index contributed by atoms with van der Waals surface area (Å²) in [6, 6.07) is 2.35. The molecule has 0 fully saturated rings. The highest BCUT2D eigenvalue weighted by Gasteiger charge is 2.16. The highest BCUT2D eigenvalue weighted by molar-refractivity contribution is 8.76. The third-order valence-electron chi connectivity index (χ3n) is 1.86. The predicted molar refractivity (Wildman–Crippen MR) is 67.9 cm³/mol. The largest absolute Gasteiger partial charge is 0.321 e. The first kappa shape index (κ1) is 13.9. The van der Waals surface area contributed by atoms with Gasteiger partial charge in [0.15, 0.2) is 5.03 Å². The number of nitrogens with two attached hydrogens (primary N) is 1. The third-order valence-corrected chi connectivity index (χ3v) is 4.18. The third kappa shape index (κ3) is 4.33. The Morgan fingerprint density at radius 1 is 1.71 bits per heavy atom. The van der Waals surface area contributed by atoms with Crippen molar-refractivity contribution in [2.45, 2.75) is 18.0 Å². The van der Waals surface area contributed by atoms with Crippen LogP contribution in [0.3, 0.4) is 0 Å². The molecule has 1 aromatic heterocycles. The Kier molecular flexibility index (Phi) is 5.39. The molecular formula is C9H11N3O3S2.